The maximum absolute atomic E-state index is 6.37. The largest absolute Gasteiger partial charge is 0.456 e. The average Bonchev–Trinajstić information content (AvgIpc) is 3.80. The highest BCUT2D eigenvalue weighted by Gasteiger charge is 2.19. The predicted octanol–water partition coefficient (Wildman–Crippen LogP) is 12.6. The zero-order valence-electron chi connectivity index (χ0n) is 27.7. The molecule has 0 saturated heterocycles. The van der Waals surface area contributed by atoms with Gasteiger partial charge in [-0.15, -0.1) is 0 Å². The van der Waals surface area contributed by atoms with Crippen molar-refractivity contribution in [3.8, 4) is 45.3 Å². The van der Waals surface area contributed by atoms with E-state index in [2.05, 4.69) is 103 Å². The number of hydrogen-bond donors (Lipinski definition) is 0. The molecule has 0 saturated carbocycles. The van der Waals surface area contributed by atoms with E-state index in [0.29, 0.717) is 17.5 Å². The van der Waals surface area contributed by atoms with Crippen molar-refractivity contribution in [1.29, 1.82) is 0 Å². The SMILES string of the molecule is c1ccc(-c2nc(-c3ccc4cc(-c5cccc6oc7ccc8ccccc8c7c56)ccc4c3)nc(-c3cccc4oc5ccccc5c34)n2)cc1. The van der Waals surface area contributed by atoms with Gasteiger partial charge in [0.15, 0.2) is 17.5 Å². The fraction of sp³-hybridized carbons (Fsp3) is 0. The quantitative estimate of drug-likeness (QED) is 0.187. The van der Waals surface area contributed by atoms with Crippen molar-refractivity contribution >= 4 is 65.4 Å². The summed E-state index contributed by atoms with van der Waals surface area (Å²) in [5.41, 5.74) is 8.45. The summed E-state index contributed by atoms with van der Waals surface area (Å²) in [5.74, 6) is 1.83. The fourth-order valence-corrected chi connectivity index (χ4v) is 7.68. The van der Waals surface area contributed by atoms with Crippen molar-refractivity contribution in [1.82, 2.24) is 15.0 Å². The van der Waals surface area contributed by atoms with Gasteiger partial charge in [0.2, 0.25) is 0 Å². The fourth-order valence-electron chi connectivity index (χ4n) is 7.68. The Morgan fingerprint density at radius 3 is 1.73 bits per heavy atom. The van der Waals surface area contributed by atoms with Crippen LogP contribution in [0.25, 0.3) is 111 Å². The van der Waals surface area contributed by atoms with Crippen LogP contribution in [0.15, 0.2) is 173 Å². The molecule has 3 aromatic heterocycles. The second-order valence-electron chi connectivity index (χ2n) is 13.2. The lowest BCUT2D eigenvalue weighted by Crippen LogP contribution is -2.00. The molecule has 8 aromatic carbocycles. The lowest BCUT2D eigenvalue weighted by Gasteiger charge is -2.11. The summed E-state index contributed by atoms with van der Waals surface area (Å²) >= 11 is 0. The Morgan fingerprint density at radius 1 is 0.308 bits per heavy atom. The zero-order valence-corrected chi connectivity index (χ0v) is 27.7. The van der Waals surface area contributed by atoms with Gasteiger partial charge in [0.05, 0.1) is 0 Å². The molecule has 0 amide bonds. The van der Waals surface area contributed by atoms with E-state index in [9.17, 15) is 0 Å². The Balaban J connectivity index is 1.07. The van der Waals surface area contributed by atoms with E-state index in [4.69, 9.17) is 23.8 Å². The van der Waals surface area contributed by atoms with Crippen LogP contribution >= 0.6 is 0 Å². The summed E-state index contributed by atoms with van der Waals surface area (Å²) < 4.78 is 12.6. The number of fused-ring (bicyclic) bond motifs is 9. The number of hydrogen-bond acceptors (Lipinski definition) is 5. The first-order valence-electron chi connectivity index (χ1n) is 17.3. The standard InChI is InChI=1S/C47H27N3O2/c1-2-11-29(12-3-1)45-48-46(50-47(49-45)37-16-9-18-39-42(37)36-14-6-7-17-38(36)51-39)33-23-21-30-26-32(22-20-31(30)27-33)35-15-8-19-40-44(35)43-34-13-5-4-10-28(34)24-25-41(43)52-40/h1-27H. The third kappa shape index (κ3) is 4.46. The molecule has 3 heterocycles. The van der Waals surface area contributed by atoms with E-state index in [-0.39, 0.29) is 0 Å². The number of aromatic nitrogens is 3. The Kier molecular flexibility index (Phi) is 6.18. The Labute approximate surface area is 297 Å². The third-order valence-corrected chi connectivity index (χ3v) is 10.1. The first-order chi connectivity index (χ1) is 25.7. The lowest BCUT2D eigenvalue weighted by atomic mass is 9.95. The molecule has 242 valence electrons. The molecule has 0 fully saturated rings. The number of benzene rings is 8. The van der Waals surface area contributed by atoms with Crippen LogP contribution in [0.4, 0.5) is 0 Å². The Bertz CT molecular complexity index is 3190. The second kappa shape index (κ2) is 11.2. The molecule has 0 aliphatic carbocycles. The summed E-state index contributed by atoms with van der Waals surface area (Å²) in [5, 5.41) is 8.93. The van der Waals surface area contributed by atoms with Crippen molar-refractivity contribution in [3.63, 3.8) is 0 Å². The molecule has 0 radical (unpaired) electrons. The van der Waals surface area contributed by atoms with Crippen molar-refractivity contribution in [3.05, 3.63) is 164 Å². The van der Waals surface area contributed by atoms with E-state index in [0.717, 1.165) is 82.5 Å². The van der Waals surface area contributed by atoms with Gasteiger partial charge in [-0.2, -0.15) is 0 Å². The van der Waals surface area contributed by atoms with Crippen LogP contribution in [0, 0.1) is 0 Å². The molecule has 5 nitrogen and oxygen atoms in total. The Morgan fingerprint density at radius 2 is 0.885 bits per heavy atom. The molecule has 11 rings (SSSR count). The topological polar surface area (TPSA) is 65.0 Å². The van der Waals surface area contributed by atoms with Crippen LogP contribution < -0.4 is 0 Å². The lowest BCUT2D eigenvalue weighted by molar-refractivity contribution is 0.668. The second-order valence-corrected chi connectivity index (χ2v) is 13.2. The van der Waals surface area contributed by atoms with E-state index < -0.39 is 0 Å². The average molecular weight is 666 g/mol. The van der Waals surface area contributed by atoms with E-state index in [1.165, 1.54) is 10.8 Å². The smallest absolute Gasteiger partial charge is 0.164 e. The van der Waals surface area contributed by atoms with Gasteiger partial charge in [0.1, 0.15) is 22.3 Å². The summed E-state index contributed by atoms with van der Waals surface area (Å²) in [7, 11) is 0. The van der Waals surface area contributed by atoms with Gasteiger partial charge >= 0.3 is 0 Å². The summed E-state index contributed by atoms with van der Waals surface area (Å²) in [6, 6.07) is 56.3. The first-order valence-corrected chi connectivity index (χ1v) is 17.3. The third-order valence-electron chi connectivity index (χ3n) is 10.1. The van der Waals surface area contributed by atoms with Gasteiger partial charge in [-0.1, -0.05) is 127 Å². The van der Waals surface area contributed by atoms with Gasteiger partial charge in [-0.05, 0) is 69.1 Å². The molecule has 11 aromatic rings. The highest BCUT2D eigenvalue weighted by molar-refractivity contribution is 6.23. The Hall–Kier alpha value is -7.11. The molecule has 0 aliphatic rings. The molecule has 0 N–H and O–H groups in total. The predicted molar refractivity (Wildman–Crippen MR) is 211 cm³/mol. The van der Waals surface area contributed by atoms with E-state index in [1.54, 1.807) is 0 Å². The van der Waals surface area contributed by atoms with Gasteiger partial charge < -0.3 is 8.83 Å². The monoisotopic (exact) mass is 665 g/mol. The number of para-hydroxylation sites is 1. The molecule has 5 heteroatoms. The minimum atomic E-state index is 0.601. The molecule has 0 bridgehead atoms. The minimum Gasteiger partial charge on any atom is -0.456 e. The van der Waals surface area contributed by atoms with Gasteiger partial charge in [0.25, 0.3) is 0 Å². The molecule has 0 spiro atoms. The normalized spacial score (nSPS) is 11.8. The van der Waals surface area contributed by atoms with Gasteiger partial charge in [0, 0.05) is 38.2 Å². The first kappa shape index (κ1) is 28.7. The molecule has 0 atom stereocenters. The van der Waals surface area contributed by atoms with Crippen LogP contribution in [0.5, 0.6) is 0 Å². The summed E-state index contributed by atoms with van der Waals surface area (Å²) in [6.45, 7) is 0. The van der Waals surface area contributed by atoms with Crippen molar-refractivity contribution < 1.29 is 8.83 Å². The minimum absolute atomic E-state index is 0.601. The molecule has 0 unspecified atom stereocenters. The van der Waals surface area contributed by atoms with E-state index >= 15 is 0 Å². The van der Waals surface area contributed by atoms with Crippen LogP contribution in [0.3, 0.4) is 0 Å². The van der Waals surface area contributed by atoms with Gasteiger partial charge in [-0.25, -0.2) is 15.0 Å². The van der Waals surface area contributed by atoms with Crippen molar-refractivity contribution in [2.24, 2.45) is 0 Å². The van der Waals surface area contributed by atoms with Crippen LogP contribution in [0.2, 0.25) is 0 Å². The molecule has 52 heavy (non-hydrogen) atoms. The maximum Gasteiger partial charge on any atom is 0.164 e. The molecule has 0 aliphatic heterocycles. The maximum atomic E-state index is 6.37. The summed E-state index contributed by atoms with van der Waals surface area (Å²) in [6.07, 6.45) is 0. The zero-order chi connectivity index (χ0) is 34.2. The molecular formula is C47H27N3O2. The summed E-state index contributed by atoms with van der Waals surface area (Å²) in [4.78, 5) is 15.2. The number of furan rings is 2. The van der Waals surface area contributed by atoms with Gasteiger partial charge in [-0.3, -0.25) is 0 Å². The van der Waals surface area contributed by atoms with Crippen LogP contribution in [-0.4, -0.2) is 15.0 Å². The van der Waals surface area contributed by atoms with Crippen LogP contribution in [-0.2, 0) is 0 Å². The van der Waals surface area contributed by atoms with Crippen molar-refractivity contribution in [2.75, 3.05) is 0 Å². The van der Waals surface area contributed by atoms with Crippen LogP contribution in [0.1, 0.15) is 0 Å². The van der Waals surface area contributed by atoms with Crippen molar-refractivity contribution in [2.45, 2.75) is 0 Å². The van der Waals surface area contributed by atoms with E-state index in [1.807, 2.05) is 60.7 Å². The number of nitrogens with zero attached hydrogens (tertiary/aromatic N) is 3. The number of rotatable bonds is 4. The molecular weight excluding hydrogens is 639 g/mol. The highest BCUT2D eigenvalue weighted by atomic mass is 16.3. The highest BCUT2D eigenvalue weighted by Crippen LogP contribution is 2.41.